The van der Waals surface area contributed by atoms with Crippen LogP contribution in [0.3, 0.4) is 0 Å². The Labute approximate surface area is 123 Å². The van der Waals surface area contributed by atoms with Crippen molar-refractivity contribution in [3.63, 3.8) is 0 Å². The van der Waals surface area contributed by atoms with Crippen molar-refractivity contribution in [1.29, 1.82) is 0 Å². The van der Waals surface area contributed by atoms with Gasteiger partial charge < -0.3 is 15.0 Å². The van der Waals surface area contributed by atoms with Crippen molar-refractivity contribution in [1.82, 2.24) is 9.88 Å². The zero-order chi connectivity index (χ0) is 15.5. The van der Waals surface area contributed by atoms with E-state index in [0.717, 1.165) is 19.3 Å². The molecule has 2 unspecified atom stereocenters. The number of alkyl halides is 2. The minimum atomic E-state index is -2.51. The molecule has 1 saturated carbocycles. The van der Waals surface area contributed by atoms with E-state index in [1.807, 2.05) is 0 Å². The van der Waals surface area contributed by atoms with E-state index in [1.165, 1.54) is 16.8 Å². The van der Waals surface area contributed by atoms with Crippen molar-refractivity contribution in [2.24, 2.45) is 5.92 Å². The summed E-state index contributed by atoms with van der Waals surface area (Å²) >= 11 is 0. The summed E-state index contributed by atoms with van der Waals surface area (Å²) in [5.74, 6) is 0.0304. The standard InChI is InChI=1S/C15H22F2N2O2/c1-11-4-2-6-15(8-11,10-20)18-14(21)12-5-3-7-19(12)9-13(16)17/h3,5,7,11,13,20H,2,4,6,8-10H2,1H3,(H,18,21). The molecule has 0 aromatic carbocycles. The predicted molar refractivity (Wildman–Crippen MR) is 75.4 cm³/mol. The Morgan fingerprint density at radius 1 is 1.62 bits per heavy atom. The maximum Gasteiger partial charge on any atom is 0.268 e. The van der Waals surface area contributed by atoms with Crippen LogP contribution in [-0.4, -0.2) is 34.2 Å². The van der Waals surface area contributed by atoms with Crippen LogP contribution in [0.4, 0.5) is 8.78 Å². The lowest BCUT2D eigenvalue weighted by Crippen LogP contribution is -2.54. The predicted octanol–water partition coefficient (Wildman–Crippen LogP) is 2.42. The molecule has 21 heavy (non-hydrogen) atoms. The largest absolute Gasteiger partial charge is 0.394 e. The third-order valence-electron chi connectivity index (χ3n) is 4.17. The fourth-order valence-corrected chi connectivity index (χ4v) is 3.19. The van der Waals surface area contributed by atoms with Crippen molar-refractivity contribution in [2.75, 3.05) is 6.61 Å². The SMILES string of the molecule is CC1CCCC(CO)(NC(=O)c2cccn2CC(F)F)C1. The van der Waals surface area contributed by atoms with Gasteiger partial charge in [-0.15, -0.1) is 0 Å². The van der Waals surface area contributed by atoms with Crippen LogP contribution in [0.5, 0.6) is 0 Å². The van der Waals surface area contributed by atoms with Gasteiger partial charge in [-0.3, -0.25) is 4.79 Å². The van der Waals surface area contributed by atoms with Crippen LogP contribution < -0.4 is 5.32 Å². The van der Waals surface area contributed by atoms with Gasteiger partial charge in [-0.25, -0.2) is 8.78 Å². The highest BCUT2D eigenvalue weighted by Gasteiger charge is 2.36. The van der Waals surface area contributed by atoms with Crippen LogP contribution in [-0.2, 0) is 6.54 Å². The second-order valence-corrected chi connectivity index (χ2v) is 6.03. The number of hydrogen-bond donors (Lipinski definition) is 2. The first kappa shape index (κ1) is 15.9. The van der Waals surface area contributed by atoms with Crippen molar-refractivity contribution in [3.05, 3.63) is 24.0 Å². The summed E-state index contributed by atoms with van der Waals surface area (Å²) in [5, 5.41) is 12.6. The van der Waals surface area contributed by atoms with Crippen LogP contribution >= 0.6 is 0 Å². The van der Waals surface area contributed by atoms with Gasteiger partial charge in [0.1, 0.15) is 5.69 Å². The van der Waals surface area contributed by atoms with E-state index in [4.69, 9.17) is 0 Å². The Bertz CT molecular complexity index is 490. The van der Waals surface area contributed by atoms with Gasteiger partial charge in [0.15, 0.2) is 0 Å². The van der Waals surface area contributed by atoms with E-state index < -0.39 is 24.4 Å². The molecule has 0 radical (unpaired) electrons. The third kappa shape index (κ3) is 3.81. The molecule has 1 aliphatic rings. The van der Waals surface area contributed by atoms with E-state index in [9.17, 15) is 18.7 Å². The van der Waals surface area contributed by atoms with Gasteiger partial charge in [0.05, 0.1) is 18.7 Å². The summed E-state index contributed by atoms with van der Waals surface area (Å²) < 4.78 is 26.2. The smallest absolute Gasteiger partial charge is 0.268 e. The molecule has 0 saturated heterocycles. The van der Waals surface area contributed by atoms with Gasteiger partial charge in [0, 0.05) is 6.20 Å². The molecule has 1 aromatic rings. The number of carbonyl (C=O) groups is 1. The Kier molecular flexibility index (Phi) is 4.98. The van der Waals surface area contributed by atoms with E-state index in [2.05, 4.69) is 12.2 Å². The van der Waals surface area contributed by atoms with Crippen molar-refractivity contribution < 1.29 is 18.7 Å². The second-order valence-electron chi connectivity index (χ2n) is 6.03. The van der Waals surface area contributed by atoms with E-state index >= 15 is 0 Å². The summed E-state index contributed by atoms with van der Waals surface area (Å²) in [5.41, 5.74) is -0.421. The van der Waals surface area contributed by atoms with E-state index in [1.54, 1.807) is 6.07 Å². The van der Waals surface area contributed by atoms with E-state index in [0.29, 0.717) is 12.3 Å². The summed E-state index contributed by atoms with van der Waals surface area (Å²) in [6.45, 7) is 1.46. The fraction of sp³-hybridized carbons (Fsp3) is 0.667. The highest BCUT2D eigenvalue weighted by atomic mass is 19.3. The Hall–Kier alpha value is -1.43. The minimum absolute atomic E-state index is 0.126. The number of carbonyl (C=O) groups excluding carboxylic acids is 1. The molecular formula is C15H22F2N2O2. The van der Waals surface area contributed by atoms with Crippen molar-refractivity contribution >= 4 is 5.91 Å². The van der Waals surface area contributed by atoms with Crippen LogP contribution in [0.25, 0.3) is 0 Å². The average Bonchev–Trinajstić information content (AvgIpc) is 2.86. The molecule has 0 bridgehead atoms. The average molecular weight is 300 g/mol. The van der Waals surface area contributed by atoms with Crippen molar-refractivity contribution in [3.8, 4) is 0 Å². The highest BCUT2D eigenvalue weighted by molar-refractivity contribution is 5.93. The topological polar surface area (TPSA) is 54.3 Å². The molecule has 1 fully saturated rings. The maximum atomic E-state index is 12.5. The van der Waals surface area contributed by atoms with Gasteiger partial charge in [-0.2, -0.15) is 0 Å². The zero-order valence-corrected chi connectivity index (χ0v) is 12.2. The lowest BCUT2D eigenvalue weighted by atomic mass is 9.77. The summed E-state index contributed by atoms with van der Waals surface area (Å²) in [6, 6.07) is 3.10. The molecule has 6 heteroatoms. The normalized spacial score (nSPS) is 26.0. The van der Waals surface area contributed by atoms with E-state index in [-0.39, 0.29) is 12.3 Å². The Morgan fingerprint density at radius 2 is 2.38 bits per heavy atom. The summed E-state index contributed by atoms with van der Waals surface area (Å²) in [4.78, 5) is 12.4. The molecule has 2 N–H and O–H groups in total. The molecule has 4 nitrogen and oxygen atoms in total. The maximum absolute atomic E-state index is 12.5. The first-order valence-electron chi connectivity index (χ1n) is 7.32. The highest BCUT2D eigenvalue weighted by Crippen LogP contribution is 2.32. The monoisotopic (exact) mass is 300 g/mol. The number of aliphatic hydroxyl groups is 1. The first-order valence-corrected chi connectivity index (χ1v) is 7.32. The second kappa shape index (κ2) is 6.56. The van der Waals surface area contributed by atoms with Crippen LogP contribution in [0.2, 0.25) is 0 Å². The molecule has 118 valence electrons. The summed E-state index contributed by atoms with van der Waals surface area (Å²) in [6.07, 6.45) is 2.42. The number of halogens is 2. The number of nitrogens with zero attached hydrogens (tertiary/aromatic N) is 1. The molecule has 1 aliphatic carbocycles. The molecule has 0 aliphatic heterocycles. The number of amides is 1. The molecule has 1 heterocycles. The molecule has 1 amide bonds. The minimum Gasteiger partial charge on any atom is -0.394 e. The zero-order valence-electron chi connectivity index (χ0n) is 12.2. The number of nitrogens with one attached hydrogen (secondary N) is 1. The van der Waals surface area contributed by atoms with Crippen LogP contribution in [0.1, 0.15) is 43.1 Å². The molecule has 2 atom stereocenters. The Morgan fingerprint density at radius 3 is 3.00 bits per heavy atom. The number of aliphatic hydroxyl groups excluding tert-OH is 1. The number of aromatic nitrogens is 1. The van der Waals surface area contributed by atoms with Gasteiger partial charge in [0.25, 0.3) is 12.3 Å². The van der Waals surface area contributed by atoms with Gasteiger partial charge in [-0.1, -0.05) is 19.8 Å². The quantitative estimate of drug-likeness (QED) is 0.877. The number of hydrogen-bond acceptors (Lipinski definition) is 2. The lowest BCUT2D eigenvalue weighted by Gasteiger charge is -2.39. The van der Waals surface area contributed by atoms with Crippen LogP contribution in [0, 0.1) is 5.92 Å². The van der Waals surface area contributed by atoms with Gasteiger partial charge >= 0.3 is 0 Å². The molecule has 1 aromatic heterocycles. The van der Waals surface area contributed by atoms with Gasteiger partial charge in [-0.05, 0) is 30.9 Å². The summed E-state index contributed by atoms with van der Waals surface area (Å²) in [7, 11) is 0. The lowest BCUT2D eigenvalue weighted by molar-refractivity contribution is 0.0683. The molecular weight excluding hydrogens is 278 g/mol. The molecule has 0 spiro atoms. The van der Waals surface area contributed by atoms with Crippen LogP contribution in [0.15, 0.2) is 18.3 Å². The Balaban J connectivity index is 2.11. The first-order chi connectivity index (χ1) is 9.96. The third-order valence-corrected chi connectivity index (χ3v) is 4.17. The molecule has 2 rings (SSSR count). The fourth-order valence-electron chi connectivity index (χ4n) is 3.19. The van der Waals surface area contributed by atoms with Crippen molar-refractivity contribution in [2.45, 2.75) is 51.1 Å². The number of rotatable bonds is 5. The van der Waals surface area contributed by atoms with Gasteiger partial charge in [0.2, 0.25) is 0 Å².